The second kappa shape index (κ2) is 10.3. The number of nitrogens with zero attached hydrogens (tertiary/aromatic N) is 3. The fourth-order valence-corrected chi connectivity index (χ4v) is 3.97. The topological polar surface area (TPSA) is 161 Å². The second-order valence-corrected chi connectivity index (χ2v) is 8.38. The van der Waals surface area contributed by atoms with E-state index in [9.17, 15) is 24.0 Å². The molecule has 0 saturated carbocycles. The third kappa shape index (κ3) is 5.22. The zero-order chi connectivity index (χ0) is 25.8. The van der Waals surface area contributed by atoms with Crippen molar-refractivity contribution in [3.63, 3.8) is 0 Å². The van der Waals surface area contributed by atoms with Crippen LogP contribution in [-0.4, -0.2) is 52.4 Å². The predicted octanol–water partition coefficient (Wildman–Crippen LogP) is 0.315. The number of nitrogens with one attached hydrogen (secondary N) is 1. The Hall–Kier alpha value is -4.61. The van der Waals surface area contributed by atoms with Crippen LogP contribution in [0.25, 0.3) is 0 Å². The summed E-state index contributed by atoms with van der Waals surface area (Å²) in [6, 6.07) is 12.4. The van der Waals surface area contributed by atoms with Crippen molar-refractivity contribution in [2.75, 3.05) is 30.8 Å². The van der Waals surface area contributed by atoms with Crippen LogP contribution in [-0.2, 0) is 32.2 Å². The number of hydrogen-bond donors (Lipinski definition) is 2. The summed E-state index contributed by atoms with van der Waals surface area (Å²) in [5.41, 5.74) is 5.06. The number of hydrogen-bond acceptors (Lipinski definition) is 8. The number of esters is 1. The fourth-order valence-electron chi connectivity index (χ4n) is 3.97. The van der Waals surface area contributed by atoms with Gasteiger partial charge in [-0.25, -0.2) is 4.79 Å². The molecule has 0 unspecified atom stereocenters. The van der Waals surface area contributed by atoms with Gasteiger partial charge in [0.1, 0.15) is 11.6 Å². The molecule has 1 aliphatic heterocycles. The quantitative estimate of drug-likeness (QED) is 0.422. The summed E-state index contributed by atoms with van der Waals surface area (Å²) in [7, 11) is 1.29. The first-order valence-corrected chi connectivity index (χ1v) is 11.1. The maximum atomic E-state index is 12.7. The number of ether oxygens (including phenoxy) is 1. The van der Waals surface area contributed by atoms with Crippen LogP contribution in [0.15, 0.2) is 62.7 Å². The van der Waals surface area contributed by atoms with E-state index in [1.54, 1.807) is 36.4 Å². The highest BCUT2D eigenvalue weighted by molar-refractivity contribution is 5.97. The number of furan rings is 1. The summed E-state index contributed by atoms with van der Waals surface area (Å²) in [4.78, 5) is 66.8. The highest BCUT2D eigenvalue weighted by atomic mass is 16.5. The molecular formula is C24H25N5O7. The van der Waals surface area contributed by atoms with Gasteiger partial charge >= 0.3 is 11.7 Å². The number of likely N-dealkylation sites (tertiary alicyclic amines) is 1. The Morgan fingerprint density at radius 1 is 1.14 bits per heavy atom. The maximum absolute atomic E-state index is 12.7. The molecule has 1 aromatic carbocycles. The Balaban J connectivity index is 1.40. The van der Waals surface area contributed by atoms with Crippen molar-refractivity contribution in [2.24, 2.45) is 5.92 Å². The number of carbonyl (C=O) groups is 3. The molecule has 0 aliphatic carbocycles. The Morgan fingerprint density at radius 3 is 2.58 bits per heavy atom. The predicted molar refractivity (Wildman–Crippen MR) is 128 cm³/mol. The molecule has 3 N–H and O–H groups in total. The van der Waals surface area contributed by atoms with Crippen LogP contribution >= 0.6 is 0 Å². The van der Waals surface area contributed by atoms with Crippen molar-refractivity contribution in [3.05, 3.63) is 80.9 Å². The standard InChI is InChI=1S/C24H25N5O7/c1-27(20-21(25)29(24(34)26-22(20)32)11-15-6-3-2-4-7-15)19(31)14-36-23(33)16-10-18(30)28(12-16)13-17-8-5-9-35-17/h2-9,16H,10-14,25H2,1H3,(H,26,32,34)/t16-/m0/s1. The number of aromatic nitrogens is 2. The van der Waals surface area contributed by atoms with E-state index in [2.05, 4.69) is 4.98 Å². The molecule has 2 amide bonds. The fraction of sp³-hybridized carbons (Fsp3) is 0.292. The molecule has 2 aromatic heterocycles. The lowest BCUT2D eigenvalue weighted by atomic mass is 10.1. The molecule has 1 saturated heterocycles. The van der Waals surface area contributed by atoms with Crippen LogP contribution in [0.1, 0.15) is 17.7 Å². The average molecular weight is 495 g/mol. The third-order valence-corrected chi connectivity index (χ3v) is 5.92. The Bertz CT molecular complexity index is 1380. The van der Waals surface area contributed by atoms with Crippen molar-refractivity contribution < 1.29 is 23.5 Å². The van der Waals surface area contributed by atoms with Crippen molar-refractivity contribution in [2.45, 2.75) is 19.5 Å². The number of nitrogen functional groups attached to an aromatic ring is 1. The van der Waals surface area contributed by atoms with E-state index in [4.69, 9.17) is 14.9 Å². The number of amides is 2. The zero-order valence-electron chi connectivity index (χ0n) is 19.5. The van der Waals surface area contributed by atoms with Gasteiger partial charge in [-0.05, 0) is 17.7 Å². The minimum absolute atomic E-state index is 0.0410. The van der Waals surface area contributed by atoms with E-state index in [0.29, 0.717) is 5.76 Å². The summed E-state index contributed by atoms with van der Waals surface area (Å²) in [6.07, 6.45) is 1.45. The van der Waals surface area contributed by atoms with Gasteiger partial charge in [0, 0.05) is 20.0 Å². The van der Waals surface area contributed by atoms with Gasteiger partial charge in [0.05, 0.1) is 25.3 Å². The van der Waals surface area contributed by atoms with E-state index in [1.165, 1.54) is 18.2 Å². The number of nitrogens with two attached hydrogens (primary N) is 1. The molecule has 12 heteroatoms. The number of carbonyl (C=O) groups excluding carboxylic acids is 3. The smallest absolute Gasteiger partial charge is 0.330 e. The summed E-state index contributed by atoms with van der Waals surface area (Å²) >= 11 is 0. The van der Waals surface area contributed by atoms with Crippen molar-refractivity contribution in [3.8, 4) is 0 Å². The molecule has 36 heavy (non-hydrogen) atoms. The van der Waals surface area contributed by atoms with Crippen LogP contribution in [0.4, 0.5) is 11.5 Å². The molecule has 1 fully saturated rings. The van der Waals surface area contributed by atoms with Gasteiger partial charge in [0.15, 0.2) is 12.3 Å². The normalized spacial score (nSPS) is 15.2. The average Bonchev–Trinajstić information content (AvgIpc) is 3.50. The van der Waals surface area contributed by atoms with Crippen LogP contribution in [0.2, 0.25) is 0 Å². The third-order valence-electron chi connectivity index (χ3n) is 5.92. The molecule has 4 rings (SSSR count). The number of likely N-dealkylation sites (N-methyl/N-ethyl adjacent to an activating group) is 1. The molecule has 1 atom stereocenters. The number of anilines is 2. The summed E-state index contributed by atoms with van der Waals surface area (Å²) < 4.78 is 11.5. The molecule has 3 heterocycles. The van der Waals surface area contributed by atoms with Gasteiger partial charge in [-0.1, -0.05) is 30.3 Å². The van der Waals surface area contributed by atoms with Crippen molar-refractivity contribution >= 4 is 29.3 Å². The minimum Gasteiger partial charge on any atom is -0.467 e. The number of H-pyrrole nitrogens is 1. The summed E-state index contributed by atoms with van der Waals surface area (Å²) in [5.74, 6) is -2.01. The molecule has 188 valence electrons. The van der Waals surface area contributed by atoms with Gasteiger partial charge in [-0.3, -0.25) is 28.7 Å². The first kappa shape index (κ1) is 24.5. The molecule has 0 radical (unpaired) electrons. The van der Waals surface area contributed by atoms with Gasteiger partial charge in [0.2, 0.25) is 5.91 Å². The summed E-state index contributed by atoms with van der Waals surface area (Å²) in [6.45, 7) is -0.219. The van der Waals surface area contributed by atoms with E-state index in [1.807, 2.05) is 6.07 Å². The van der Waals surface area contributed by atoms with E-state index >= 15 is 0 Å². The van der Waals surface area contributed by atoms with Crippen molar-refractivity contribution in [1.82, 2.24) is 14.5 Å². The van der Waals surface area contributed by atoms with Crippen LogP contribution in [0.3, 0.4) is 0 Å². The molecule has 0 spiro atoms. The van der Waals surface area contributed by atoms with Gasteiger partial charge in [-0.15, -0.1) is 0 Å². The second-order valence-electron chi connectivity index (χ2n) is 8.38. The zero-order valence-corrected chi connectivity index (χ0v) is 19.5. The first-order chi connectivity index (χ1) is 17.2. The Kier molecular flexibility index (Phi) is 7.04. The maximum Gasteiger partial charge on any atom is 0.330 e. The van der Waals surface area contributed by atoms with Gasteiger partial charge < -0.3 is 24.7 Å². The van der Waals surface area contributed by atoms with Crippen LogP contribution in [0, 0.1) is 5.92 Å². The van der Waals surface area contributed by atoms with Crippen LogP contribution < -0.4 is 21.9 Å². The summed E-state index contributed by atoms with van der Waals surface area (Å²) in [5, 5.41) is 0. The number of rotatable bonds is 8. The van der Waals surface area contributed by atoms with Crippen molar-refractivity contribution in [1.29, 1.82) is 0 Å². The number of aromatic amines is 1. The Labute approximate surface area is 204 Å². The van der Waals surface area contributed by atoms with E-state index in [-0.39, 0.29) is 43.5 Å². The Morgan fingerprint density at radius 2 is 1.89 bits per heavy atom. The van der Waals surface area contributed by atoms with E-state index < -0.39 is 35.7 Å². The lowest BCUT2D eigenvalue weighted by Gasteiger charge is -2.20. The molecule has 3 aromatic rings. The highest BCUT2D eigenvalue weighted by Gasteiger charge is 2.36. The molecular weight excluding hydrogens is 470 g/mol. The molecule has 12 nitrogen and oxygen atoms in total. The lowest BCUT2D eigenvalue weighted by molar-refractivity contribution is -0.151. The molecule has 1 aliphatic rings. The number of benzene rings is 1. The monoisotopic (exact) mass is 495 g/mol. The van der Waals surface area contributed by atoms with Crippen LogP contribution in [0.5, 0.6) is 0 Å². The van der Waals surface area contributed by atoms with Gasteiger partial charge in [-0.2, -0.15) is 0 Å². The molecule has 0 bridgehead atoms. The minimum atomic E-state index is -0.848. The largest absolute Gasteiger partial charge is 0.467 e. The lowest BCUT2D eigenvalue weighted by Crippen LogP contribution is -2.41. The SMILES string of the molecule is CN(C(=O)COC(=O)[C@H]1CC(=O)N(Cc2ccco2)C1)c1c(N)n(Cc2ccccc2)c(=O)[nH]c1=O. The van der Waals surface area contributed by atoms with Gasteiger partial charge in [0.25, 0.3) is 11.5 Å². The highest BCUT2D eigenvalue weighted by Crippen LogP contribution is 2.22. The first-order valence-electron chi connectivity index (χ1n) is 11.1. The van der Waals surface area contributed by atoms with E-state index in [0.717, 1.165) is 15.0 Å².